The van der Waals surface area contributed by atoms with Crippen molar-refractivity contribution in [2.45, 2.75) is 20.3 Å². The number of aliphatic hydroxyl groups excluding tert-OH is 2. The molecule has 0 aliphatic rings. The van der Waals surface area contributed by atoms with Gasteiger partial charge >= 0.3 is 11.9 Å². The van der Waals surface area contributed by atoms with Crippen LogP contribution in [0.1, 0.15) is 20.3 Å². The minimum absolute atomic E-state index is 0.125. The number of Topliss-reactive ketones (excluding diaryl/α,β-unsaturated/α-hetero) is 1. The second-order valence-electron chi connectivity index (χ2n) is 2.87. The lowest BCUT2D eigenvalue weighted by atomic mass is 10.3. The van der Waals surface area contributed by atoms with Crippen LogP contribution < -0.4 is 0 Å². The van der Waals surface area contributed by atoms with Crippen molar-refractivity contribution >= 4 is 17.7 Å². The quantitative estimate of drug-likeness (QED) is 0.388. The normalized spacial score (nSPS) is 8.50. The molecule has 0 saturated heterocycles. The molecule has 0 spiro atoms. The average Bonchev–Trinajstić information content (AvgIpc) is 2.16. The summed E-state index contributed by atoms with van der Waals surface area (Å²) in [5.74, 6) is -1.97. The Morgan fingerprint density at radius 2 is 1.56 bits per heavy atom. The topological polar surface area (TPSA) is 101 Å². The van der Waals surface area contributed by atoms with Crippen LogP contribution in [0, 0.1) is 0 Å². The summed E-state index contributed by atoms with van der Waals surface area (Å²) < 4.78 is 4.22. The summed E-state index contributed by atoms with van der Waals surface area (Å²) in [4.78, 5) is 31.7. The third-order valence-electron chi connectivity index (χ3n) is 1.05. The zero-order chi connectivity index (χ0) is 13.1. The lowest BCUT2D eigenvalue weighted by Gasteiger charge is -1.99. The molecule has 0 fully saturated rings. The highest BCUT2D eigenvalue weighted by molar-refractivity contribution is 6.01. The molecular formula is C10H16O6. The van der Waals surface area contributed by atoms with Gasteiger partial charge in [0.2, 0.25) is 0 Å². The van der Waals surface area contributed by atoms with Gasteiger partial charge in [0, 0.05) is 5.57 Å². The predicted octanol–water partition coefficient (Wildman–Crippen LogP) is -0.418. The number of aliphatic hydroxyl groups is 2. The molecule has 0 unspecified atom stereocenters. The van der Waals surface area contributed by atoms with E-state index >= 15 is 0 Å². The van der Waals surface area contributed by atoms with Crippen molar-refractivity contribution in [2.24, 2.45) is 0 Å². The average molecular weight is 232 g/mol. The second kappa shape index (κ2) is 10.0. The van der Waals surface area contributed by atoms with E-state index in [4.69, 9.17) is 10.2 Å². The molecule has 92 valence electrons. The fourth-order valence-electron chi connectivity index (χ4n) is 0.430. The fraction of sp³-hybridized carbons (Fsp3) is 0.500. The lowest BCUT2D eigenvalue weighted by molar-refractivity contribution is -0.157. The first-order valence-electron chi connectivity index (χ1n) is 4.46. The first-order valence-corrected chi connectivity index (χ1v) is 4.46. The standard InChI is InChI=1S/C8H10O4.C2H6O2/c1-5(2)8(11)12-7(10)4-6(3)9;3-1-2-4/h1,4H2,2-3H3;3-4H,1-2H2. The Balaban J connectivity index is 0. The molecule has 0 aromatic heterocycles. The molecule has 6 heteroatoms. The zero-order valence-corrected chi connectivity index (χ0v) is 9.36. The summed E-state index contributed by atoms with van der Waals surface area (Å²) in [7, 11) is 0. The number of ether oxygens (including phenoxy) is 1. The zero-order valence-electron chi connectivity index (χ0n) is 9.36. The predicted molar refractivity (Wildman–Crippen MR) is 55.4 cm³/mol. The van der Waals surface area contributed by atoms with E-state index in [-0.39, 0.29) is 31.0 Å². The Morgan fingerprint density at radius 3 is 1.81 bits per heavy atom. The molecule has 0 rings (SSSR count). The van der Waals surface area contributed by atoms with Crippen LogP contribution in [-0.2, 0) is 19.1 Å². The Labute approximate surface area is 93.5 Å². The Morgan fingerprint density at radius 1 is 1.12 bits per heavy atom. The van der Waals surface area contributed by atoms with E-state index < -0.39 is 11.9 Å². The highest BCUT2D eigenvalue weighted by atomic mass is 16.6. The van der Waals surface area contributed by atoms with Crippen molar-refractivity contribution in [3.05, 3.63) is 12.2 Å². The lowest BCUT2D eigenvalue weighted by Crippen LogP contribution is -2.14. The number of carbonyl (C=O) groups is 3. The molecule has 0 heterocycles. The number of hydrogen-bond acceptors (Lipinski definition) is 6. The van der Waals surface area contributed by atoms with E-state index in [0.29, 0.717) is 0 Å². The summed E-state index contributed by atoms with van der Waals surface area (Å²) in [6, 6.07) is 0. The van der Waals surface area contributed by atoms with E-state index in [2.05, 4.69) is 11.3 Å². The first kappa shape index (κ1) is 16.9. The van der Waals surface area contributed by atoms with Gasteiger partial charge in [-0.1, -0.05) is 6.58 Å². The summed E-state index contributed by atoms with van der Waals surface area (Å²) in [6.45, 7) is 5.69. The summed E-state index contributed by atoms with van der Waals surface area (Å²) in [5.41, 5.74) is 0.131. The van der Waals surface area contributed by atoms with Gasteiger partial charge in [0.05, 0.1) is 13.2 Å². The van der Waals surface area contributed by atoms with Gasteiger partial charge in [-0.2, -0.15) is 0 Å². The second-order valence-corrected chi connectivity index (χ2v) is 2.87. The fourth-order valence-corrected chi connectivity index (χ4v) is 0.430. The molecule has 0 radical (unpaired) electrons. The van der Waals surface area contributed by atoms with Crippen LogP contribution in [0.5, 0.6) is 0 Å². The molecule has 0 saturated carbocycles. The molecular weight excluding hydrogens is 216 g/mol. The van der Waals surface area contributed by atoms with E-state index in [1.165, 1.54) is 13.8 Å². The first-order chi connectivity index (χ1) is 7.34. The molecule has 0 aliphatic carbocycles. The van der Waals surface area contributed by atoms with Crippen LogP contribution in [-0.4, -0.2) is 41.1 Å². The number of hydrogen-bond donors (Lipinski definition) is 2. The Hall–Kier alpha value is -1.53. The number of esters is 2. The van der Waals surface area contributed by atoms with Crippen molar-refractivity contribution < 1.29 is 29.3 Å². The molecule has 0 aromatic rings. The number of carbonyl (C=O) groups excluding carboxylic acids is 3. The molecule has 0 bridgehead atoms. The van der Waals surface area contributed by atoms with Gasteiger partial charge < -0.3 is 14.9 Å². The van der Waals surface area contributed by atoms with E-state index in [1.54, 1.807) is 0 Å². The monoisotopic (exact) mass is 232 g/mol. The highest BCUT2D eigenvalue weighted by Crippen LogP contribution is 1.95. The van der Waals surface area contributed by atoms with Gasteiger partial charge in [0.15, 0.2) is 0 Å². The van der Waals surface area contributed by atoms with Crippen molar-refractivity contribution in [1.82, 2.24) is 0 Å². The summed E-state index contributed by atoms with van der Waals surface area (Å²) in [5, 5.41) is 15.2. The van der Waals surface area contributed by atoms with Crippen molar-refractivity contribution in [3.63, 3.8) is 0 Å². The van der Waals surface area contributed by atoms with E-state index in [1.807, 2.05) is 0 Å². The number of ketones is 1. The van der Waals surface area contributed by atoms with E-state index in [0.717, 1.165) is 0 Å². The number of rotatable bonds is 4. The van der Waals surface area contributed by atoms with Crippen molar-refractivity contribution in [3.8, 4) is 0 Å². The summed E-state index contributed by atoms with van der Waals surface area (Å²) in [6.07, 6.45) is -0.376. The molecule has 0 aliphatic heterocycles. The molecule has 16 heavy (non-hydrogen) atoms. The van der Waals surface area contributed by atoms with Crippen LogP contribution >= 0.6 is 0 Å². The van der Waals surface area contributed by atoms with Gasteiger partial charge in [-0.25, -0.2) is 4.79 Å². The summed E-state index contributed by atoms with van der Waals surface area (Å²) >= 11 is 0. The van der Waals surface area contributed by atoms with Crippen LogP contribution in [0.25, 0.3) is 0 Å². The molecule has 0 aromatic carbocycles. The third kappa shape index (κ3) is 12.5. The smallest absolute Gasteiger partial charge is 0.340 e. The van der Waals surface area contributed by atoms with Crippen molar-refractivity contribution in [1.29, 1.82) is 0 Å². The van der Waals surface area contributed by atoms with Crippen LogP contribution in [0.15, 0.2) is 12.2 Å². The maximum absolute atomic E-state index is 10.7. The van der Waals surface area contributed by atoms with Crippen molar-refractivity contribution in [2.75, 3.05) is 13.2 Å². The molecule has 0 amide bonds. The SMILES string of the molecule is C=C(C)C(=O)OC(=O)CC(C)=O.OCCO. The maximum atomic E-state index is 10.7. The van der Waals surface area contributed by atoms with Gasteiger partial charge in [-0.05, 0) is 13.8 Å². The van der Waals surface area contributed by atoms with Gasteiger partial charge in [-0.15, -0.1) is 0 Å². The Kier molecular flexibility index (Phi) is 10.6. The van der Waals surface area contributed by atoms with Crippen LogP contribution in [0.3, 0.4) is 0 Å². The maximum Gasteiger partial charge on any atom is 0.340 e. The molecule has 0 atom stereocenters. The minimum Gasteiger partial charge on any atom is -0.394 e. The molecule has 2 N–H and O–H groups in total. The van der Waals surface area contributed by atoms with Gasteiger partial charge in [0.25, 0.3) is 0 Å². The third-order valence-corrected chi connectivity index (χ3v) is 1.05. The minimum atomic E-state index is -0.838. The molecule has 6 nitrogen and oxygen atoms in total. The van der Waals surface area contributed by atoms with Crippen LogP contribution in [0.2, 0.25) is 0 Å². The van der Waals surface area contributed by atoms with Gasteiger partial charge in [0.1, 0.15) is 12.2 Å². The van der Waals surface area contributed by atoms with E-state index in [9.17, 15) is 14.4 Å². The Bertz CT molecular complexity index is 266. The highest BCUT2D eigenvalue weighted by Gasteiger charge is 2.12. The van der Waals surface area contributed by atoms with Gasteiger partial charge in [-0.3, -0.25) is 9.59 Å². The largest absolute Gasteiger partial charge is 0.394 e. The van der Waals surface area contributed by atoms with Crippen LogP contribution in [0.4, 0.5) is 0 Å².